The Morgan fingerprint density at radius 1 is 1.09 bits per heavy atom. The molecule has 2 saturated carbocycles. The van der Waals surface area contributed by atoms with Crippen molar-refractivity contribution < 1.29 is 9.90 Å². The van der Waals surface area contributed by atoms with Crippen LogP contribution in [0.25, 0.3) is 0 Å². The van der Waals surface area contributed by atoms with Crippen LogP contribution >= 0.6 is 0 Å². The summed E-state index contributed by atoms with van der Waals surface area (Å²) in [6, 6.07) is 4.00. The summed E-state index contributed by atoms with van der Waals surface area (Å²) in [5.74, 6) is 3.46. The van der Waals surface area contributed by atoms with Gasteiger partial charge in [0.05, 0.1) is 0 Å². The van der Waals surface area contributed by atoms with Gasteiger partial charge in [-0.2, -0.15) is 10.1 Å². The summed E-state index contributed by atoms with van der Waals surface area (Å²) in [6.45, 7) is 3.60. The number of aryl methyl sites for hydroxylation is 1. The van der Waals surface area contributed by atoms with Gasteiger partial charge in [-0.1, -0.05) is 32.1 Å². The second-order valence-electron chi connectivity index (χ2n) is 10.1. The van der Waals surface area contributed by atoms with E-state index in [0.29, 0.717) is 30.2 Å². The molecule has 32 heavy (non-hydrogen) atoms. The van der Waals surface area contributed by atoms with Crippen molar-refractivity contribution in [1.82, 2.24) is 20.2 Å². The molecule has 3 aliphatic rings. The van der Waals surface area contributed by atoms with Gasteiger partial charge in [-0.05, 0) is 43.9 Å². The van der Waals surface area contributed by atoms with Gasteiger partial charge in [0.1, 0.15) is 5.82 Å². The van der Waals surface area contributed by atoms with Crippen LogP contribution in [0.4, 0.5) is 17.6 Å². The lowest BCUT2D eigenvalue weighted by molar-refractivity contribution is -0.138. The topological polar surface area (TPSA) is 107 Å². The van der Waals surface area contributed by atoms with E-state index < -0.39 is 5.97 Å². The highest BCUT2D eigenvalue weighted by atomic mass is 16.4. The third-order valence-corrected chi connectivity index (χ3v) is 7.35. The van der Waals surface area contributed by atoms with Crippen molar-refractivity contribution in [2.24, 2.45) is 17.8 Å². The van der Waals surface area contributed by atoms with Crippen molar-refractivity contribution in [3.8, 4) is 0 Å². The molecule has 0 aromatic carbocycles. The normalized spacial score (nSPS) is 24.5. The van der Waals surface area contributed by atoms with Crippen LogP contribution in [0.3, 0.4) is 0 Å². The van der Waals surface area contributed by atoms with E-state index in [1.54, 1.807) is 0 Å². The van der Waals surface area contributed by atoms with Gasteiger partial charge in [-0.15, -0.1) is 0 Å². The first-order chi connectivity index (χ1) is 15.5. The Balaban J connectivity index is 1.35. The van der Waals surface area contributed by atoms with Crippen LogP contribution in [0.1, 0.15) is 75.1 Å². The zero-order valence-electron chi connectivity index (χ0n) is 18.9. The summed E-state index contributed by atoms with van der Waals surface area (Å²) < 4.78 is 0. The third kappa shape index (κ3) is 5.05. The van der Waals surface area contributed by atoms with Gasteiger partial charge in [-0.3, -0.25) is 9.89 Å². The van der Waals surface area contributed by atoms with Crippen molar-refractivity contribution in [3.63, 3.8) is 0 Å². The highest BCUT2D eigenvalue weighted by molar-refractivity contribution is 5.67. The molecule has 0 radical (unpaired) electrons. The van der Waals surface area contributed by atoms with Crippen molar-refractivity contribution in [2.75, 3.05) is 23.3 Å². The molecule has 3 fully saturated rings. The summed E-state index contributed by atoms with van der Waals surface area (Å²) in [7, 11) is 0. The maximum atomic E-state index is 11.5. The zero-order chi connectivity index (χ0) is 22.1. The molecule has 2 aliphatic carbocycles. The highest BCUT2D eigenvalue weighted by Crippen LogP contribution is 2.40. The number of carboxylic acid groups (broad SMARTS) is 1. The molecule has 3 N–H and O–H groups in total. The Bertz CT molecular complexity index is 950. The van der Waals surface area contributed by atoms with Crippen LogP contribution in [-0.4, -0.2) is 44.3 Å². The van der Waals surface area contributed by atoms with Gasteiger partial charge in [0.2, 0.25) is 5.95 Å². The molecule has 8 heteroatoms. The molecule has 1 unspecified atom stereocenters. The summed E-state index contributed by atoms with van der Waals surface area (Å²) in [5, 5.41) is 20.3. The number of hydrogen-bond acceptors (Lipinski definition) is 6. The molecule has 172 valence electrons. The first-order valence-electron chi connectivity index (χ1n) is 12.2. The average Bonchev–Trinajstić information content (AvgIpc) is 3.52. The van der Waals surface area contributed by atoms with E-state index in [4.69, 9.17) is 9.97 Å². The van der Waals surface area contributed by atoms with Crippen LogP contribution in [0.15, 0.2) is 12.1 Å². The first-order valence-corrected chi connectivity index (χ1v) is 12.2. The molecule has 3 heterocycles. The fourth-order valence-electron chi connectivity index (χ4n) is 5.65. The zero-order valence-corrected chi connectivity index (χ0v) is 18.9. The largest absolute Gasteiger partial charge is 0.481 e. The van der Waals surface area contributed by atoms with Crippen molar-refractivity contribution in [3.05, 3.63) is 23.5 Å². The van der Waals surface area contributed by atoms with E-state index in [1.165, 1.54) is 50.6 Å². The van der Waals surface area contributed by atoms with Gasteiger partial charge < -0.3 is 15.3 Å². The summed E-state index contributed by atoms with van der Waals surface area (Å²) in [5.41, 5.74) is 2.08. The quantitative estimate of drug-likeness (QED) is 0.579. The number of carboxylic acids is 1. The lowest BCUT2D eigenvalue weighted by Crippen LogP contribution is -2.44. The number of hydrogen-bond donors (Lipinski definition) is 3. The smallest absolute Gasteiger partial charge is 0.303 e. The number of aromatic amines is 1. The van der Waals surface area contributed by atoms with Gasteiger partial charge in [-0.25, -0.2) is 4.98 Å². The number of nitrogens with zero attached hydrogens (tertiary/aromatic N) is 4. The number of rotatable bonds is 7. The molecule has 0 spiro atoms. The molecule has 8 nitrogen and oxygen atoms in total. The average molecular weight is 439 g/mol. The lowest BCUT2D eigenvalue weighted by atomic mass is 9.73. The van der Waals surface area contributed by atoms with Gasteiger partial charge in [0, 0.05) is 48.9 Å². The summed E-state index contributed by atoms with van der Waals surface area (Å²) in [4.78, 5) is 23.3. The molecular formula is C24H34N6O2. The van der Waals surface area contributed by atoms with Crippen molar-refractivity contribution >= 4 is 23.6 Å². The van der Waals surface area contributed by atoms with Crippen LogP contribution in [0, 0.1) is 24.7 Å². The number of carbonyl (C=O) groups is 1. The van der Waals surface area contributed by atoms with E-state index >= 15 is 0 Å². The molecule has 2 aromatic heterocycles. The predicted molar refractivity (Wildman–Crippen MR) is 123 cm³/mol. The Kier molecular flexibility index (Phi) is 6.02. The molecule has 5 rings (SSSR count). The fourth-order valence-corrected chi connectivity index (χ4v) is 5.65. The summed E-state index contributed by atoms with van der Waals surface area (Å²) >= 11 is 0. The fraction of sp³-hybridized carbons (Fsp3) is 0.667. The minimum absolute atomic E-state index is 0.140. The van der Waals surface area contributed by atoms with Crippen LogP contribution < -0.4 is 10.2 Å². The van der Waals surface area contributed by atoms with E-state index in [1.807, 2.05) is 13.0 Å². The van der Waals surface area contributed by atoms with Crippen molar-refractivity contribution in [1.29, 1.82) is 0 Å². The minimum atomic E-state index is -0.711. The van der Waals surface area contributed by atoms with E-state index in [0.717, 1.165) is 30.3 Å². The third-order valence-electron chi connectivity index (χ3n) is 7.35. The lowest BCUT2D eigenvalue weighted by Gasteiger charge is -2.42. The van der Waals surface area contributed by atoms with Gasteiger partial charge >= 0.3 is 5.97 Å². The first kappa shape index (κ1) is 21.2. The number of piperidine rings is 1. The maximum absolute atomic E-state index is 11.5. The Morgan fingerprint density at radius 3 is 2.66 bits per heavy atom. The van der Waals surface area contributed by atoms with Gasteiger partial charge in [0.15, 0.2) is 5.82 Å². The molecule has 2 aromatic rings. The second kappa shape index (κ2) is 9.08. The predicted octanol–water partition coefficient (Wildman–Crippen LogP) is 4.63. The molecule has 1 saturated heterocycles. The van der Waals surface area contributed by atoms with E-state index in [-0.39, 0.29) is 12.3 Å². The highest BCUT2D eigenvalue weighted by Gasteiger charge is 2.35. The maximum Gasteiger partial charge on any atom is 0.303 e. The van der Waals surface area contributed by atoms with Crippen molar-refractivity contribution in [2.45, 2.75) is 70.6 Å². The SMILES string of the molecule is Cc1cc(Nc2cc(C3CC3)[nH]n2)nc(N2CC(C3CCCCC3)C[C@@H](CC(=O)O)C2)n1. The van der Waals surface area contributed by atoms with Crippen LogP contribution in [0.5, 0.6) is 0 Å². The van der Waals surface area contributed by atoms with Gasteiger partial charge in [0.25, 0.3) is 0 Å². The standard InChI is InChI=1S/C24H34N6O2/c1-15-9-21(26-22-12-20(28-29-22)18-7-8-18)27-24(25-15)30-13-16(11-23(31)32)10-19(14-30)17-5-3-2-4-6-17/h9,12,16-19H,2-8,10-11,13-14H2,1H3,(H,31,32)(H2,25,26,27,28,29)/t16-,19?/m0/s1. The minimum Gasteiger partial charge on any atom is -0.481 e. The molecule has 1 aliphatic heterocycles. The Morgan fingerprint density at radius 2 is 1.91 bits per heavy atom. The van der Waals surface area contributed by atoms with Crippen LogP contribution in [0.2, 0.25) is 0 Å². The molecule has 0 amide bonds. The number of aromatic nitrogens is 4. The molecule has 2 atom stereocenters. The summed E-state index contributed by atoms with van der Waals surface area (Å²) in [6.07, 6.45) is 10.1. The molecular weight excluding hydrogens is 404 g/mol. The Labute approximate surface area is 189 Å². The number of anilines is 3. The number of H-pyrrole nitrogens is 1. The van der Waals surface area contributed by atoms with E-state index in [2.05, 4.69) is 26.5 Å². The van der Waals surface area contributed by atoms with E-state index in [9.17, 15) is 9.90 Å². The monoisotopic (exact) mass is 438 g/mol. The molecule has 0 bridgehead atoms. The number of nitrogens with one attached hydrogen (secondary N) is 2. The van der Waals surface area contributed by atoms with Crippen LogP contribution in [-0.2, 0) is 4.79 Å². The Hall–Kier alpha value is -2.64. The number of aliphatic carboxylic acids is 1. The second-order valence-corrected chi connectivity index (χ2v) is 10.1.